The van der Waals surface area contributed by atoms with Crippen LogP contribution in [0, 0.1) is 5.41 Å². The van der Waals surface area contributed by atoms with Crippen LogP contribution in [0.15, 0.2) is 28.7 Å². The molecule has 0 spiro atoms. The highest BCUT2D eigenvalue weighted by Gasteiger charge is 2.49. The van der Waals surface area contributed by atoms with Crippen LogP contribution in [-0.2, 0) is 11.2 Å². The highest BCUT2D eigenvalue weighted by atomic mass is 79.9. The molecule has 1 aliphatic rings. The first-order valence-electron chi connectivity index (χ1n) is 7.49. The fraction of sp³-hybridized carbons (Fsp3) is 0.562. The van der Waals surface area contributed by atoms with Gasteiger partial charge in [-0.25, -0.2) is 5.01 Å². The first-order valence-corrected chi connectivity index (χ1v) is 8.28. The van der Waals surface area contributed by atoms with Crippen molar-refractivity contribution in [1.82, 2.24) is 10.4 Å². The minimum atomic E-state index is -4.37. The summed E-state index contributed by atoms with van der Waals surface area (Å²) in [5.74, 6) is -0.363. The number of amides is 1. The molecule has 1 aromatic rings. The maximum atomic E-state index is 13.4. The summed E-state index contributed by atoms with van der Waals surface area (Å²) in [6.45, 7) is 3.36. The molecule has 0 aliphatic carbocycles. The highest BCUT2D eigenvalue weighted by molar-refractivity contribution is 9.10. The minimum absolute atomic E-state index is 0.0544. The zero-order chi connectivity index (χ0) is 17.3. The highest BCUT2D eigenvalue weighted by Crippen LogP contribution is 2.33. The molecular formula is C16H20BrF3N2O. The van der Waals surface area contributed by atoms with E-state index in [1.807, 2.05) is 24.3 Å². The summed E-state index contributed by atoms with van der Waals surface area (Å²) in [4.78, 5) is 11.8. The lowest BCUT2D eigenvalue weighted by atomic mass is 9.94. The predicted octanol–water partition coefficient (Wildman–Crippen LogP) is 4.08. The van der Waals surface area contributed by atoms with Crippen LogP contribution in [0.1, 0.15) is 32.3 Å². The van der Waals surface area contributed by atoms with E-state index in [0.29, 0.717) is 12.8 Å². The second-order valence-corrected chi connectivity index (χ2v) is 7.35. The Hall–Kier alpha value is -1.08. The molecule has 7 heteroatoms. The second-order valence-electron chi connectivity index (χ2n) is 6.49. The third-order valence-corrected chi connectivity index (χ3v) is 4.83. The Bertz CT molecular complexity index is 575. The molecule has 0 unspecified atom stereocenters. The van der Waals surface area contributed by atoms with E-state index in [2.05, 4.69) is 21.4 Å². The molecule has 0 saturated carbocycles. The van der Waals surface area contributed by atoms with E-state index < -0.39 is 17.6 Å². The average molecular weight is 393 g/mol. The number of benzene rings is 1. The number of nitrogens with one attached hydrogen (secondary N) is 1. The number of hydrazine groups is 1. The number of nitrogens with zero attached hydrogens (tertiary/aromatic N) is 1. The van der Waals surface area contributed by atoms with E-state index >= 15 is 0 Å². The lowest BCUT2D eigenvalue weighted by molar-refractivity contribution is -0.190. The summed E-state index contributed by atoms with van der Waals surface area (Å²) in [6, 6.07) is 5.85. The van der Waals surface area contributed by atoms with Gasteiger partial charge in [-0.3, -0.25) is 10.2 Å². The number of halogens is 4. The van der Waals surface area contributed by atoms with Crippen molar-refractivity contribution >= 4 is 21.8 Å². The quantitative estimate of drug-likeness (QED) is 0.818. The zero-order valence-electron chi connectivity index (χ0n) is 13.1. The lowest BCUT2D eigenvalue weighted by Gasteiger charge is -2.29. The van der Waals surface area contributed by atoms with Crippen molar-refractivity contribution in [1.29, 1.82) is 0 Å². The largest absolute Gasteiger partial charge is 0.405 e. The van der Waals surface area contributed by atoms with Crippen LogP contribution in [-0.4, -0.2) is 29.7 Å². The molecular weight excluding hydrogens is 373 g/mol. The third kappa shape index (κ3) is 4.47. The van der Waals surface area contributed by atoms with Crippen LogP contribution in [0.25, 0.3) is 0 Å². The zero-order valence-corrected chi connectivity index (χ0v) is 14.7. The maximum Gasteiger partial charge on any atom is 0.405 e. The molecule has 0 aromatic heterocycles. The van der Waals surface area contributed by atoms with Gasteiger partial charge in [0.25, 0.3) is 0 Å². The fourth-order valence-electron chi connectivity index (χ4n) is 2.69. The van der Waals surface area contributed by atoms with E-state index in [0.717, 1.165) is 15.0 Å². The first-order chi connectivity index (χ1) is 10.6. The molecule has 1 saturated heterocycles. The Balaban J connectivity index is 2.01. The molecule has 1 amide bonds. The van der Waals surface area contributed by atoms with E-state index in [1.54, 1.807) is 13.8 Å². The number of alkyl halides is 3. The summed E-state index contributed by atoms with van der Waals surface area (Å²) < 4.78 is 41.0. The van der Waals surface area contributed by atoms with Gasteiger partial charge in [0.1, 0.15) is 6.04 Å². The van der Waals surface area contributed by atoms with Gasteiger partial charge >= 0.3 is 6.18 Å². The number of carbonyl (C=O) groups is 1. The van der Waals surface area contributed by atoms with Gasteiger partial charge in [0.05, 0.1) is 5.41 Å². The van der Waals surface area contributed by atoms with Gasteiger partial charge in [-0.05, 0) is 44.7 Å². The summed E-state index contributed by atoms with van der Waals surface area (Å²) in [5.41, 5.74) is 2.56. The normalized spacial score (nSPS) is 19.7. The minimum Gasteiger partial charge on any atom is -0.288 e. The molecule has 1 fully saturated rings. The molecule has 23 heavy (non-hydrogen) atoms. The summed E-state index contributed by atoms with van der Waals surface area (Å²) in [5, 5.41) is 1.04. The average Bonchev–Trinajstić information content (AvgIpc) is 2.69. The third-order valence-electron chi connectivity index (χ3n) is 4.06. The Morgan fingerprint density at radius 2 is 2.00 bits per heavy atom. The van der Waals surface area contributed by atoms with Gasteiger partial charge in [-0.1, -0.05) is 34.1 Å². The Morgan fingerprint density at radius 1 is 1.35 bits per heavy atom. The van der Waals surface area contributed by atoms with Gasteiger partial charge in [-0.2, -0.15) is 13.2 Å². The Labute approximate surface area is 142 Å². The number of hydrogen-bond donors (Lipinski definition) is 1. The molecule has 1 heterocycles. The van der Waals surface area contributed by atoms with Crippen molar-refractivity contribution in [3.8, 4) is 0 Å². The second kappa shape index (κ2) is 6.81. The van der Waals surface area contributed by atoms with E-state index in [9.17, 15) is 18.0 Å². The van der Waals surface area contributed by atoms with Crippen LogP contribution >= 0.6 is 15.9 Å². The molecule has 128 valence electrons. The molecule has 1 N–H and O–H groups in total. The van der Waals surface area contributed by atoms with Gasteiger partial charge in [-0.15, -0.1) is 0 Å². The number of carbonyl (C=O) groups excluding carboxylic acids is 1. The predicted molar refractivity (Wildman–Crippen MR) is 85.6 cm³/mol. The van der Waals surface area contributed by atoms with Crippen LogP contribution in [0.4, 0.5) is 13.2 Å². The molecule has 0 radical (unpaired) electrons. The monoisotopic (exact) mass is 392 g/mol. The Morgan fingerprint density at radius 3 is 2.52 bits per heavy atom. The molecule has 1 atom stereocenters. The topological polar surface area (TPSA) is 32.3 Å². The van der Waals surface area contributed by atoms with Crippen LogP contribution < -0.4 is 5.43 Å². The van der Waals surface area contributed by atoms with Crippen molar-refractivity contribution in [3.63, 3.8) is 0 Å². The van der Waals surface area contributed by atoms with Crippen molar-refractivity contribution in [2.75, 3.05) is 6.54 Å². The summed E-state index contributed by atoms with van der Waals surface area (Å²) >= 11 is 3.40. The van der Waals surface area contributed by atoms with Crippen molar-refractivity contribution in [3.05, 3.63) is 34.3 Å². The lowest BCUT2D eigenvalue weighted by Crippen LogP contribution is -2.50. The summed E-state index contributed by atoms with van der Waals surface area (Å²) in [7, 11) is 0. The Kier molecular flexibility index (Phi) is 5.41. The van der Waals surface area contributed by atoms with Gasteiger partial charge in [0, 0.05) is 11.0 Å². The van der Waals surface area contributed by atoms with Crippen LogP contribution in [0.2, 0.25) is 0 Å². The summed E-state index contributed by atoms with van der Waals surface area (Å²) in [6.07, 6.45) is -3.48. The molecule has 2 rings (SSSR count). The van der Waals surface area contributed by atoms with Crippen LogP contribution in [0.3, 0.4) is 0 Å². The van der Waals surface area contributed by atoms with Gasteiger partial charge < -0.3 is 0 Å². The smallest absolute Gasteiger partial charge is 0.288 e. The fourth-order valence-corrected chi connectivity index (χ4v) is 3.17. The van der Waals surface area contributed by atoms with Crippen LogP contribution in [0.5, 0.6) is 0 Å². The van der Waals surface area contributed by atoms with E-state index in [4.69, 9.17) is 0 Å². The van der Waals surface area contributed by atoms with Gasteiger partial charge in [0.15, 0.2) is 0 Å². The molecule has 0 bridgehead atoms. The van der Waals surface area contributed by atoms with E-state index in [-0.39, 0.29) is 18.9 Å². The molecule has 1 aliphatic heterocycles. The SMILES string of the molecule is CC1(C)CN([C@@H](CCCc2ccccc2Br)C(F)(F)F)NC1=O. The standard InChI is InChI=1S/C16H20BrF3N2O/c1-15(2)10-22(21-14(15)23)13(16(18,19)20)9-5-7-11-6-3-4-8-12(11)17/h3-4,6,8,13H,5,7,9-10H2,1-2H3,(H,21,23)/t13-/m0/s1. The first kappa shape index (κ1) is 18.3. The van der Waals surface area contributed by atoms with E-state index in [1.165, 1.54) is 0 Å². The maximum absolute atomic E-state index is 13.4. The van der Waals surface area contributed by atoms with Crippen molar-refractivity contribution in [2.45, 2.75) is 45.3 Å². The van der Waals surface area contributed by atoms with Crippen molar-refractivity contribution in [2.24, 2.45) is 5.41 Å². The number of rotatable bonds is 5. The number of aryl methyl sites for hydroxylation is 1. The number of hydrogen-bond acceptors (Lipinski definition) is 2. The van der Waals surface area contributed by atoms with Crippen molar-refractivity contribution < 1.29 is 18.0 Å². The van der Waals surface area contributed by atoms with Gasteiger partial charge in [0.2, 0.25) is 5.91 Å². The molecule has 1 aromatic carbocycles. The molecule has 3 nitrogen and oxygen atoms in total.